The van der Waals surface area contributed by atoms with Gasteiger partial charge in [-0.2, -0.15) is 0 Å². The van der Waals surface area contributed by atoms with Gasteiger partial charge in [0.25, 0.3) is 0 Å². The van der Waals surface area contributed by atoms with Crippen LogP contribution in [0.4, 0.5) is 0 Å². The molecule has 0 amide bonds. The van der Waals surface area contributed by atoms with Crippen molar-refractivity contribution in [3.05, 3.63) is 66.3 Å². The molecular formula is C20H29N. The van der Waals surface area contributed by atoms with Crippen molar-refractivity contribution >= 4 is 5.57 Å². The Morgan fingerprint density at radius 3 is 2.62 bits per heavy atom. The summed E-state index contributed by atoms with van der Waals surface area (Å²) in [5, 5.41) is 3.22. The van der Waals surface area contributed by atoms with Crippen LogP contribution >= 0.6 is 0 Å². The molecule has 1 nitrogen and oxygen atoms in total. The molecular weight excluding hydrogens is 254 g/mol. The molecule has 0 fully saturated rings. The van der Waals surface area contributed by atoms with E-state index in [0.717, 1.165) is 25.8 Å². The summed E-state index contributed by atoms with van der Waals surface area (Å²) in [6, 6.07) is 8.72. The third-order valence-corrected chi connectivity index (χ3v) is 3.84. The van der Waals surface area contributed by atoms with Crippen LogP contribution in [0.5, 0.6) is 0 Å². The number of rotatable bonds is 9. The molecule has 1 N–H and O–H groups in total. The Labute approximate surface area is 130 Å². The van der Waals surface area contributed by atoms with E-state index in [0.29, 0.717) is 5.92 Å². The van der Waals surface area contributed by atoms with Crippen molar-refractivity contribution in [3.63, 3.8) is 0 Å². The highest BCUT2D eigenvalue weighted by Crippen LogP contribution is 2.33. The van der Waals surface area contributed by atoms with Crippen LogP contribution in [0.15, 0.2) is 55.1 Å². The van der Waals surface area contributed by atoms with Crippen LogP contribution in [-0.4, -0.2) is 13.6 Å². The number of hydrogen-bond donors (Lipinski definition) is 1. The highest BCUT2D eigenvalue weighted by Gasteiger charge is 2.17. The van der Waals surface area contributed by atoms with Crippen molar-refractivity contribution in [3.8, 4) is 0 Å². The second kappa shape index (κ2) is 9.36. The Kier molecular flexibility index (Phi) is 7.78. The largest absolute Gasteiger partial charge is 0.319 e. The lowest BCUT2D eigenvalue weighted by Gasteiger charge is -2.22. The van der Waals surface area contributed by atoms with Crippen molar-refractivity contribution in [2.75, 3.05) is 13.6 Å². The lowest BCUT2D eigenvalue weighted by molar-refractivity contribution is 0.777. The fraction of sp³-hybridized carbons (Fsp3) is 0.400. The van der Waals surface area contributed by atoms with Gasteiger partial charge in [-0.25, -0.2) is 0 Å². The van der Waals surface area contributed by atoms with Crippen molar-refractivity contribution in [2.45, 2.75) is 33.1 Å². The summed E-state index contributed by atoms with van der Waals surface area (Å²) in [5.41, 5.74) is 5.38. The van der Waals surface area contributed by atoms with Crippen LogP contribution in [-0.2, 0) is 6.42 Å². The van der Waals surface area contributed by atoms with E-state index in [9.17, 15) is 0 Å². The number of hydrogen-bond acceptors (Lipinski definition) is 1. The fourth-order valence-corrected chi connectivity index (χ4v) is 2.68. The van der Waals surface area contributed by atoms with Crippen LogP contribution in [0.1, 0.15) is 37.8 Å². The molecule has 0 aliphatic carbocycles. The van der Waals surface area contributed by atoms with Crippen LogP contribution < -0.4 is 5.32 Å². The van der Waals surface area contributed by atoms with Crippen molar-refractivity contribution in [2.24, 2.45) is 5.92 Å². The summed E-state index contributed by atoms with van der Waals surface area (Å²) < 4.78 is 0. The average molecular weight is 283 g/mol. The zero-order valence-electron chi connectivity index (χ0n) is 13.8. The van der Waals surface area contributed by atoms with E-state index < -0.39 is 0 Å². The molecule has 0 saturated carbocycles. The van der Waals surface area contributed by atoms with Gasteiger partial charge >= 0.3 is 0 Å². The summed E-state index contributed by atoms with van der Waals surface area (Å²) >= 11 is 0. The maximum absolute atomic E-state index is 4.20. The van der Waals surface area contributed by atoms with Gasteiger partial charge in [-0.15, -0.1) is 6.58 Å². The molecule has 0 spiro atoms. The first kappa shape index (κ1) is 17.5. The topological polar surface area (TPSA) is 12.0 Å². The van der Waals surface area contributed by atoms with E-state index in [1.807, 2.05) is 13.1 Å². The Morgan fingerprint density at radius 2 is 2.05 bits per heavy atom. The Bertz CT molecular complexity index is 496. The van der Waals surface area contributed by atoms with E-state index in [4.69, 9.17) is 0 Å². The molecule has 0 bridgehead atoms. The molecule has 0 radical (unpaired) electrons. The Hall–Kier alpha value is -1.60. The van der Waals surface area contributed by atoms with Crippen LogP contribution in [0, 0.1) is 5.92 Å². The van der Waals surface area contributed by atoms with Gasteiger partial charge in [0, 0.05) is 5.92 Å². The second-order valence-electron chi connectivity index (χ2n) is 5.49. The first-order chi connectivity index (χ1) is 10.2. The molecule has 0 aliphatic heterocycles. The first-order valence-corrected chi connectivity index (χ1v) is 7.84. The van der Waals surface area contributed by atoms with Crippen molar-refractivity contribution in [1.29, 1.82) is 0 Å². The molecule has 0 aromatic heterocycles. The quantitative estimate of drug-likeness (QED) is 0.496. The van der Waals surface area contributed by atoms with Gasteiger partial charge < -0.3 is 5.32 Å². The standard InChI is InChI=1S/C20H29N/c1-6-11-18(16(3)4)20(14-10-15-21-5)19-13-9-8-12-17(19)7-2/h6,8-9,12-14,18,21H,1,3,7,10-11,15H2,2,4-5H3/b20-14-. The van der Waals surface area contributed by atoms with Crippen LogP contribution in [0.25, 0.3) is 5.57 Å². The molecule has 0 heterocycles. The molecule has 21 heavy (non-hydrogen) atoms. The molecule has 1 aromatic carbocycles. The van der Waals surface area contributed by atoms with E-state index in [2.05, 4.69) is 62.7 Å². The van der Waals surface area contributed by atoms with E-state index in [1.54, 1.807) is 0 Å². The van der Waals surface area contributed by atoms with Gasteiger partial charge in [0.15, 0.2) is 0 Å². The SMILES string of the molecule is C=CCC(C(=C)C)/C(=C/CCNC)c1ccccc1CC. The van der Waals surface area contributed by atoms with Gasteiger partial charge in [-0.3, -0.25) is 0 Å². The normalized spacial score (nSPS) is 13.0. The smallest absolute Gasteiger partial charge is 0.00799 e. The first-order valence-electron chi connectivity index (χ1n) is 7.84. The van der Waals surface area contributed by atoms with Gasteiger partial charge in [-0.05, 0) is 56.5 Å². The average Bonchev–Trinajstić information content (AvgIpc) is 2.50. The predicted octanol–water partition coefficient (Wildman–Crippen LogP) is 5.01. The lowest BCUT2D eigenvalue weighted by atomic mass is 9.82. The number of allylic oxidation sites excluding steroid dienone is 3. The molecule has 0 saturated heterocycles. The zero-order chi connectivity index (χ0) is 15.7. The minimum Gasteiger partial charge on any atom is -0.319 e. The molecule has 1 atom stereocenters. The predicted molar refractivity (Wildman–Crippen MR) is 95.5 cm³/mol. The summed E-state index contributed by atoms with van der Waals surface area (Å²) in [4.78, 5) is 0. The van der Waals surface area contributed by atoms with Gasteiger partial charge in [0.2, 0.25) is 0 Å². The van der Waals surface area contributed by atoms with E-state index in [-0.39, 0.29) is 0 Å². The van der Waals surface area contributed by atoms with E-state index in [1.165, 1.54) is 22.3 Å². The highest BCUT2D eigenvalue weighted by atomic mass is 14.8. The third-order valence-electron chi connectivity index (χ3n) is 3.84. The van der Waals surface area contributed by atoms with Crippen molar-refractivity contribution < 1.29 is 0 Å². The minimum absolute atomic E-state index is 0.354. The molecule has 1 rings (SSSR count). The zero-order valence-corrected chi connectivity index (χ0v) is 13.8. The summed E-state index contributed by atoms with van der Waals surface area (Å²) in [6.45, 7) is 13.4. The van der Waals surface area contributed by atoms with Gasteiger partial charge in [-0.1, -0.05) is 55.5 Å². The monoisotopic (exact) mass is 283 g/mol. The van der Waals surface area contributed by atoms with E-state index >= 15 is 0 Å². The number of benzene rings is 1. The second-order valence-corrected chi connectivity index (χ2v) is 5.49. The highest BCUT2D eigenvalue weighted by molar-refractivity contribution is 5.72. The molecule has 114 valence electrons. The number of nitrogens with one attached hydrogen (secondary N) is 1. The summed E-state index contributed by atoms with van der Waals surface area (Å²) in [7, 11) is 1.99. The van der Waals surface area contributed by atoms with Gasteiger partial charge in [0.1, 0.15) is 0 Å². The summed E-state index contributed by atoms with van der Waals surface area (Å²) in [6.07, 6.45) is 7.40. The molecule has 1 heteroatoms. The number of aryl methyl sites for hydroxylation is 1. The van der Waals surface area contributed by atoms with Crippen molar-refractivity contribution in [1.82, 2.24) is 5.32 Å². The molecule has 1 unspecified atom stereocenters. The van der Waals surface area contributed by atoms with Crippen LogP contribution in [0.2, 0.25) is 0 Å². The fourth-order valence-electron chi connectivity index (χ4n) is 2.68. The maximum atomic E-state index is 4.20. The molecule has 0 aliphatic rings. The summed E-state index contributed by atoms with van der Waals surface area (Å²) in [5.74, 6) is 0.354. The lowest BCUT2D eigenvalue weighted by Crippen LogP contribution is -2.09. The Balaban J connectivity index is 3.26. The third kappa shape index (κ3) is 5.02. The Morgan fingerprint density at radius 1 is 1.33 bits per heavy atom. The van der Waals surface area contributed by atoms with Gasteiger partial charge in [0.05, 0.1) is 0 Å². The maximum Gasteiger partial charge on any atom is 0.00799 e. The van der Waals surface area contributed by atoms with Crippen LogP contribution in [0.3, 0.4) is 0 Å². The minimum atomic E-state index is 0.354. The molecule has 1 aromatic rings.